The van der Waals surface area contributed by atoms with Gasteiger partial charge in [0.25, 0.3) is 5.69 Å². The molecular formula is C14H22N2O4. The minimum absolute atomic E-state index is 0.125. The second-order valence-corrected chi connectivity index (χ2v) is 4.50. The Morgan fingerprint density at radius 3 is 2.70 bits per heavy atom. The standard InChI is InChI=1S/C14H22N2O4/c1-12-11-13(16(17)18)5-6-14(12)15-7-3-4-8-20-10-9-19-2/h5-6,11,15H,3-4,7-10H2,1-2H3. The van der Waals surface area contributed by atoms with Crippen LogP contribution >= 0.6 is 0 Å². The van der Waals surface area contributed by atoms with Gasteiger partial charge in [-0.2, -0.15) is 0 Å². The van der Waals surface area contributed by atoms with Gasteiger partial charge in [0.1, 0.15) is 0 Å². The van der Waals surface area contributed by atoms with Crippen molar-refractivity contribution in [2.75, 3.05) is 38.8 Å². The van der Waals surface area contributed by atoms with Crippen LogP contribution in [0.4, 0.5) is 11.4 Å². The Labute approximate surface area is 119 Å². The minimum Gasteiger partial charge on any atom is -0.385 e. The maximum Gasteiger partial charge on any atom is 0.269 e. The zero-order valence-corrected chi connectivity index (χ0v) is 12.1. The zero-order chi connectivity index (χ0) is 14.8. The second kappa shape index (κ2) is 9.28. The molecule has 0 amide bonds. The van der Waals surface area contributed by atoms with Gasteiger partial charge in [0.05, 0.1) is 18.1 Å². The van der Waals surface area contributed by atoms with E-state index in [0.717, 1.165) is 37.2 Å². The SMILES string of the molecule is COCCOCCCCNc1ccc([N+](=O)[O-])cc1C. The number of aryl methyl sites for hydroxylation is 1. The summed E-state index contributed by atoms with van der Waals surface area (Å²) in [5.41, 5.74) is 1.95. The number of non-ortho nitro benzene ring substituents is 1. The van der Waals surface area contributed by atoms with Crippen LogP contribution in [0.5, 0.6) is 0 Å². The van der Waals surface area contributed by atoms with Crippen molar-refractivity contribution in [3.63, 3.8) is 0 Å². The van der Waals surface area contributed by atoms with Gasteiger partial charge in [-0.25, -0.2) is 0 Å². The summed E-state index contributed by atoms with van der Waals surface area (Å²) in [5.74, 6) is 0. The van der Waals surface area contributed by atoms with E-state index in [9.17, 15) is 10.1 Å². The van der Waals surface area contributed by atoms with Crippen LogP contribution in [0.25, 0.3) is 0 Å². The molecular weight excluding hydrogens is 260 g/mol. The maximum atomic E-state index is 10.6. The van der Waals surface area contributed by atoms with E-state index in [4.69, 9.17) is 9.47 Å². The molecule has 0 aliphatic carbocycles. The van der Waals surface area contributed by atoms with E-state index < -0.39 is 0 Å². The van der Waals surface area contributed by atoms with Gasteiger partial charge < -0.3 is 14.8 Å². The average Bonchev–Trinajstić information content (AvgIpc) is 2.43. The molecule has 0 aliphatic rings. The molecule has 0 saturated carbocycles. The lowest BCUT2D eigenvalue weighted by molar-refractivity contribution is -0.384. The molecule has 0 radical (unpaired) electrons. The molecule has 1 aromatic rings. The molecule has 1 rings (SSSR count). The smallest absolute Gasteiger partial charge is 0.269 e. The van der Waals surface area contributed by atoms with Crippen molar-refractivity contribution in [1.82, 2.24) is 0 Å². The second-order valence-electron chi connectivity index (χ2n) is 4.50. The molecule has 0 aliphatic heterocycles. The summed E-state index contributed by atoms with van der Waals surface area (Å²) in [6, 6.07) is 4.85. The lowest BCUT2D eigenvalue weighted by atomic mass is 10.1. The predicted molar refractivity (Wildman–Crippen MR) is 78.3 cm³/mol. The number of nitrogens with one attached hydrogen (secondary N) is 1. The number of rotatable bonds is 10. The number of methoxy groups -OCH3 is 1. The molecule has 0 atom stereocenters. The Hall–Kier alpha value is -1.66. The van der Waals surface area contributed by atoms with Crippen LogP contribution in [-0.4, -0.2) is 38.4 Å². The molecule has 1 aromatic carbocycles. The van der Waals surface area contributed by atoms with E-state index in [-0.39, 0.29) is 10.6 Å². The van der Waals surface area contributed by atoms with Gasteiger partial charge in [-0.15, -0.1) is 0 Å². The molecule has 0 heterocycles. The largest absolute Gasteiger partial charge is 0.385 e. The summed E-state index contributed by atoms with van der Waals surface area (Å²) in [7, 11) is 1.65. The van der Waals surface area contributed by atoms with Crippen molar-refractivity contribution in [2.24, 2.45) is 0 Å². The summed E-state index contributed by atoms with van der Waals surface area (Å²) < 4.78 is 10.2. The number of hydrogen-bond donors (Lipinski definition) is 1. The fourth-order valence-corrected chi connectivity index (χ4v) is 1.76. The number of benzene rings is 1. The molecule has 20 heavy (non-hydrogen) atoms. The summed E-state index contributed by atoms with van der Waals surface area (Å²) in [6.45, 7) is 4.67. The number of nitro benzene ring substituents is 1. The van der Waals surface area contributed by atoms with E-state index in [1.807, 2.05) is 6.92 Å². The molecule has 1 N–H and O–H groups in total. The molecule has 0 fully saturated rings. The van der Waals surface area contributed by atoms with Gasteiger partial charge in [0, 0.05) is 38.1 Å². The van der Waals surface area contributed by atoms with Crippen LogP contribution in [0.15, 0.2) is 18.2 Å². The lowest BCUT2D eigenvalue weighted by Crippen LogP contribution is -2.07. The van der Waals surface area contributed by atoms with Gasteiger partial charge in [0.2, 0.25) is 0 Å². The van der Waals surface area contributed by atoms with Crippen LogP contribution in [-0.2, 0) is 9.47 Å². The fourth-order valence-electron chi connectivity index (χ4n) is 1.76. The monoisotopic (exact) mass is 282 g/mol. The highest BCUT2D eigenvalue weighted by atomic mass is 16.6. The van der Waals surface area contributed by atoms with Crippen LogP contribution in [0.1, 0.15) is 18.4 Å². The first-order valence-corrected chi connectivity index (χ1v) is 6.70. The number of hydrogen-bond acceptors (Lipinski definition) is 5. The summed E-state index contributed by atoms with van der Waals surface area (Å²) in [4.78, 5) is 10.3. The molecule has 6 heteroatoms. The van der Waals surface area contributed by atoms with Crippen LogP contribution < -0.4 is 5.32 Å². The van der Waals surface area contributed by atoms with Crippen molar-refractivity contribution in [3.8, 4) is 0 Å². The Morgan fingerprint density at radius 1 is 1.25 bits per heavy atom. The molecule has 112 valence electrons. The topological polar surface area (TPSA) is 73.6 Å². The molecule has 0 bridgehead atoms. The molecule has 0 unspecified atom stereocenters. The number of nitro groups is 1. The van der Waals surface area contributed by atoms with Crippen molar-refractivity contribution in [2.45, 2.75) is 19.8 Å². The van der Waals surface area contributed by atoms with Crippen molar-refractivity contribution in [3.05, 3.63) is 33.9 Å². The molecule has 0 aromatic heterocycles. The lowest BCUT2D eigenvalue weighted by Gasteiger charge is -2.09. The summed E-state index contributed by atoms with van der Waals surface area (Å²) >= 11 is 0. The highest BCUT2D eigenvalue weighted by molar-refractivity contribution is 5.55. The first kappa shape index (κ1) is 16.4. The van der Waals surface area contributed by atoms with E-state index in [2.05, 4.69) is 5.32 Å². The number of nitrogens with zero attached hydrogens (tertiary/aromatic N) is 1. The van der Waals surface area contributed by atoms with Gasteiger partial charge in [-0.3, -0.25) is 10.1 Å². The maximum absolute atomic E-state index is 10.6. The first-order chi connectivity index (χ1) is 9.65. The van der Waals surface area contributed by atoms with Crippen molar-refractivity contribution in [1.29, 1.82) is 0 Å². The zero-order valence-electron chi connectivity index (χ0n) is 12.1. The van der Waals surface area contributed by atoms with Crippen LogP contribution in [0.3, 0.4) is 0 Å². The van der Waals surface area contributed by atoms with Gasteiger partial charge >= 0.3 is 0 Å². The van der Waals surface area contributed by atoms with Gasteiger partial charge in [-0.1, -0.05) is 0 Å². The third-order valence-electron chi connectivity index (χ3n) is 2.88. The molecule has 0 saturated heterocycles. The summed E-state index contributed by atoms with van der Waals surface area (Å²) in [5, 5.41) is 13.9. The normalized spacial score (nSPS) is 10.5. The Balaban J connectivity index is 2.20. The minimum atomic E-state index is -0.381. The summed E-state index contributed by atoms with van der Waals surface area (Å²) in [6.07, 6.45) is 1.96. The van der Waals surface area contributed by atoms with Crippen LogP contribution in [0.2, 0.25) is 0 Å². The van der Waals surface area contributed by atoms with E-state index in [1.165, 1.54) is 6.07 Å². The van der Waals surface area contributed by atoms with E-state index in [1.54, 1.807) is 19.2 Å². The highest BCUT2D eigenvalue weighted by Gasteiger charge is 2.07. The fraction of sp³-hybridized carbons (Fsp3) is 0.571. The Bertz CT molecular complexity index is 424. The van der Waals surface area contributed by atoms with Crippen LogP contribution in [0, 0.1) is 17.0 Å². The third kappa shape index (κ3) is 5.99. The number of unbranched alkanes of at least 4 members (excludes halogenated alkanes) is 1. The first-order valence-electron chi connectivity index (χ1n) is 6.70. The van der Waals surface area contributed by atoms with Crippen molar-refractivity contribution >= 4 is 11.4 Å². The van der Waals surface area contributed by atoms with Crippen molar-refractivity contribution < 1.29 is 14.4 Å². The number of anilines is 1. The number of ether oxygens (including phenoxy) is 2. The average molecular weight is 282 g/mol. The predicted octanol–water partition coefficient (Wildman–Crippen LogP) is 2.76. The molecule has 0 spiro atoms. The van der Waals surface area contributed by atoms with E-state index in [0.29, 0.717) is 13.2 Å². The Morgan fingerprint density at radius 2 is 2.05 bits per heavy atom. The van der Waals surface area contributed by atoms with Gasteiger partial charge in [0.15, 0.2) is 0 Å². The molecule has 6 nitrogen and oxygen atoms in total. The quantitative estimate of drug-likeness (QED) is 0.406. The van der Waals surface area contributed by atoms with Gasteiger partial charge in [-0.05, 0) is 31.4 Å². The third-order valence-corrected chi connectivity index (χ3v) is 2.88. The Kier molecular flexibility index (Phi) is 7.60. The highest BCUT2D eigenvalue weighted by Crippen LogP contribution is 2.21. The van der Waals surface area contributed by atoms with E-state index >= 15 is 0 Å².